The summed E-state index contributed by atoms with van der Waals surface area (Å²) in [5.41, 5.74) is 7.34. The van der Waals surface area contributed by atoms with E-state index >= 15 is 0 Å². The summed E-state index contributed by atoms with van der Waals surface area (Å²) in [5, 5.41) is 2.25. The summed E-state index contributed by atoms with van der Waals surface area (Å²) in [7, 11) is 0. The molecule has 0 fully saturated rings. The lowest BCUT2D eigenvalue weighted by atomic mass is 9.92. The summed E-state index contributed by atoms with van der Waals surface area (Å²) in [6, 6.07) is 25.4. The van der Waals surface area contributed by atoms with E-state index in [0.717, 1.165) is 49.7 Å². The average Bonchev–Trinajstić information content (AvgIpc) is 3.83. The van der Waals surface area contributed by atoms with Crippen LogP contribution in [0.5, 0.6) is 0 Å². The number of hydrogen-bond acceptors (Lipinski definition) is 3. The van der Waals surface area contributed by atoms with E-state index in [0.29, 0.717) is 20.1 Å². The topological polar surface area (TPSA) is 35.6 Å². The molecule has 0 spiro atoms. The first-order valence-corrected chi connectivity index (χ1v) is 18.9. The van der Waals surface area contributed by atoms with Crippen LogP contribution >= 0.6 is 58.2 Å². The second-order valence-corrected chi connectivity index (χ2v) is 15.0. The molecule has 4 aromatic carbocycles. The molecule has 0 aliphatic rings. The molecule has 6 aromatic rings. The molecule has 6 rings (SSSR count). The number of hydrogen-bond donors (Lipinski definition) is 0. The highest BCUT2D eigenvalue weighted by molar-refractivity contribution is 7.99. The van der Waals surface area contributed by atoms with Crippen molar-refractivity contribution in [2.45, 2.75) is 74.2 Å². The Balaban J connectivity index is 1.51. The van der Waals surface area contributed by atoms with Crippen molar-refractivity contribution < 1.29 is 0 Å². The predicted octanol–water partition coefficient (Wildman–Crippen LogP) is 12.8. The van der Waals surface area contributed by atoms with E-state index in [2.05, 4.69) is 93.9 Å². The Morgan fingerprint density at radius 1 is 0.592 bits per heavy atom. The molecule has 0 amide bonds. The maximum Gasteiger partial charge on any atom is 0.0951 e. The molecule has 0 aliphatic carbocycles. The number of nitrogens with zero attached hydrogens (tertiary/aromatic N) is 4. The molecule has 9 heteroatoms. The molecule has 2 heterocycles. The monoisotopic (exact) mass is 746 g/mol. The van der Waals surface area contributed by atoms with Crippen molar-refractivity contribution in [1.82, 2.24) is 19.1 Å². The molecular formula is C40H38Cl4N4S. The van der Waals surface area contributed by atoms with E-state index in [1.165, 1.54) is 32.0 Å². The molecule has 0 aliphatic heterocycles. The number of rotatable bonds is 14. The third-order valence-corrected chi connectivity index (χ3v) is 11.5. The van der Waals surface area contributed by atoms with Gasteiger partial charge in [0.1, 0.15) is 0 Å². The summed E-state index contributed by atoms with van der Waals surface area (Å²) in [5.74, 6) is 0. The predicted molar refractivity (Wildman–Crippen MR) is 206 cm³/mol. The van der Waals surface area contributed by atoms with Crippen LogP contribution in [0.25, 0.3) is 0 Å². The van der Waals surface area contributed by atoms with Gasteiger partial charge in [-0.15, -0.1) is 0 Å². The Labute approximate surface area is 313 Å². The zero-order valence-electron chi connectivity index (χ0n) is 27.5. The van der Waals surface area contributed by atoms with Crippen LogP contribution in [-0.2, 0) is 12.8 Å². The molecule has 2 unspecified atom stereocenters. The van der Waals surface area contributed by atoms with Gasteiger partial charge in [-0.25, -0.2) is 9.97 Å². The minimum Gasteiger partial charge on any atom is -0.330 e. The van der Waals surface area contributed by atoms with Gasteiger partial charge in [0.05, 0.1) is 44.8 Å². The largest absolute Gasteiger partial charge is 0.330 e. The number of imidazole rings is 2. The molecule has 0 bridgehead atoms. The molecule has 0 saturated carbocycles. The lowest BCUT2D eigenvalue weighted by Crippen LogP contribution is -2.14. The van der Waals surface area contributed by atoms with Crippen LogP contribution in [0.2, 0.25) is 20.1 Å². The van der Waals surface area contributed by atoms with Crippen LogP contribution in [0.1, 0.15) is 85.0 Å². The summed E-state index contributed by atoms with van der Waals surface area (Å²) in [4.78, 5) is 11.3. The minimum atomic E-state index is 0.108. The van der Waals surface area contributed by atoms with Crippen LogP contribution < -0.4 is 0 Å². The molecule has 252 valence electrons. The van der Waals surface area contributed by atoms with Gasteiger partial charge >= 0.3 is 0 Å². The van der Waals surface area contributed by atoms with Crippen molar-refractivity contribution in [1.29, 1.82) is 0 Å². The minimum absolute atomic E-state index is 0.108. The third kappa shape index (κ3) is 8.41. The van der Waals surface area contributed by atoms with Gasteiger partial charge in [-0.05, 0) is 95.5 Å². The van der Waals surface area contributed by atoms with Gasteiger partial charge < -0.3 is 9.13 Å². The fourth-order valence-corrected chi connectivity index (χ4v) is 8.54. The first-order valence-electron chi connectivity index (χ1n) is 16.6. The average molecular weight is 749 g/mol. The number of benzene rings is 4. The second-order valence-electron chi connectivity index (χ2n) is 12.2. The zero-order chi connectivity index (χ0) is 34.3. The Bertz CT molecular complexity index is 1850. The molecule has 0 saturated heterocycles. The molecule has 49 heavy (non-hydrogen) atoms. The summed E-state index contributed by atoms with van der Waals surface area (Å²) in [6.07, 6.45) is 17.2. The molecule has 2 atom stereocenters. The summed E-state index contributed by atoms with van der Waals surface area (Å²) in [6.45, 7) is 4.48. The van der Waals surface area contributed by atoms with Gasteiger partial charge in [0.25, 0.3) is 0 Å². The molecule has 0 radical (unpaired) electrons. The summed E-state index contributed by atoms with van der Waals surface area (Å²) < 4.78 is 4.49. The fraction of sp³-hybridized carbons (Fsp3) is 0.250. The Morgan fingerprint density at radius 2 is 1.04 bits per heavy atom. The van der Waals surface area contributed by atoms with E-state index in [1.54, 1.807) is 0 Å². The zero-order valence-corrected chi connectivity index (χ0v) is 31.3. The molecular weight excluding hydrogens is 710 g/mol. The van der Waals surface area contributed by atoms with Gasteiger partial charge in [-0.1, -0.05) is 121 Å². The van der Waals surface area contributed by atoms with Crippen LogP contribution in [0.15, 0.2) is 120 Å². The first-order chi connectivity index (χ1) is 23.9. The van der Waals surface area contributed by atoms with Crippen LogP contribution in [-0.4, -0.2) is 19.1 Å². The van der Waals surface area contributed by atoms with Gasteiger partial charge in [-0.3, -0.25) is 0 Å². The highest BCUT2D eigenvalue weighted by Gasteiger charge is 2.25. The van der Waals surface area contributed by atoms with E-state index < -0.39 is 0 Å². The summed E-state index contributed by atoms with van der Waals surface area (Å²) >= 11 is 27.4. The number of aromatic nitrogens is 4. The van der Waals surface area contributed by atoms with Gasteiger partial charge in [0.15, 0.2) is 0 Å². The van der Waals surface area contributed by atoms with Crippen molar-refractivity contribution in [3.8, 4) is 0 Å². The molecule has 4 nitrogen and oxygen atoms in total. The molecule has 2 aromatic heterocycles. The standard InChI is InChI=1S/C40H38Cl4N4S/c1-3-7-35(47-19-17-45-25-47)39-29(21-27-13-15-31(41)33(43)23-27)9-5-11-37(39)49-38-12-6-10-30(22-28-14-16-32(42)34(44)24-28)40(38)36(8-4-2)48-20-18-46-26-48/h5-6,9-20,23-26,35-36H,3-4,7-8,21-22H2,1-2H3. The highest BCUT2D eigenvalue weighted by Crippen LogP contribution is 2.44. The highest BCUT2D eigenvalue weighted by atomic mass is 35.5. The second kappa shape index (κ2) is 16.7. The van der Waals surface area contributed by atoms with Crippen LogP contribution in [0.3, 0.4) is 0 Å². The Kier molecular flexibility index (Phi) is 12.1. The van der Waals surface area contributed by atoms with E-state index in [9.17, 15) is 0 Å². The smallest absolute Gasteiger partial charge is 0.0951 e. The van der Waals surface area contributed by atoms with Crippen LogP contribution in [0, 0.1) is 0 Å². The van der Waals surface area contributed by atoms with Gasteiger partial charge in [0, 0.05) is 34.6 Å². The van der Waals surface area contributed by atoms with E-state index in [1.807, 2.05) is 61.1 Å². The Hall–Kier alpha value is -3.19. The van der Waals surface area contributed by atoms with Crippen LogP contribution in [0.4, 0.5) is 0 Å². The van der Waals surface area contributed by atoms with Crippen molar-refractivity contribution in [3.05, 3.63) is 164 Å². The van der Waals surface area contributed by atoms with E-state index in [4.69, 9.17) is 46.4 Å². The SMILES string of the molecule is CCCC(c1c(Cc2ccc(Cl)c(Cl)c2)cccc1Sc1cccc(Cc2ccc(Cl)c(Cl)c2)c1C(CCC)n1ccnc1)n1ccnc1. The normalized spacial score (nSPS) is 12.7. The van der Waals surface area contributed by atoms with Crippen molar-refractivity contribution >= 4 is 58.2 Å². The number of halogens is 4. The first kappa shape index (κ1) is 35.6. The van der Waals surface area contributed by atoms with Crippen molar-refractivity contribution in [2.75, 3.05) is 0 Å². The Morgan fingerprint density at radius 3 is 1.41 bits per heavy atom. The fourth-order valence-electron chi connectivity index (χ4n) is 6.62. The maximum atomic E-state index is 6.49. The van der Waals surface area contributed by atoms with Crippen molar-refractivity contribution in [2.24, 2.45) is 0 Å². The third-order valence-electron chi connectivity index (χ3n) is 8.85. The lowest BCUT2D eigenvalue weighted by molar-refractivity contribution is 0.520. The van der Waals surface area contributed by atoms with E-state index in [-0.39, 0.29) is 12.1 Å². The lowest BCUT2D eigenvalue weighted by Gasteiger charge is -2.27. The molecule has 0 N–H and O–H groups in total. The maximum absolute atomic E-state index is 6.49. The van der Waals surface area contributed by atoms with Crippen molar-refractivity contribution in [3.63, 3.8) is 0 Å². The van der Waals surface area contributed by atoms with Gasteiger partial charge in [-0.2, -0.15) is 0 Å². The quantitative estimate of drug-likeness (QED) is 0.111. The van der Waals surface area contributed by atoms with Gasteiger partial charge in [0.2, 0.25) is 0 Å².